The van der Waals surface area contributed by atoms with Gasteiger partial charge in [-0.25, -0.2) is 9.78 Å². The Balaban J connectivity index is 1.53. The van der Waals surface area contributed by atoms with Crippen LogP contribution in [0.1, 0.15) is 25.7 Å². The summed E-state index contributed by atoms with van der Waals surface area (Å²) in [5.41, 5.74) is 8.71. The zero-order valence-electron chi connectivity index (χ0n) is 13.7. The second kappa shape index (κ2) is 6.43. The van der Waals surface area contributed by atoms with E-state index in [4.69, 9.17) is 5.73 Å². The van der Waals surface area contributed by atoms with E-state index in [1.165, 1.54) is 12.8 Å². The number of nitrogens with one attached hydrogen (secondary N) is 3. The Morgan fingerprint density at radius 1 is 1.16 bits per heavy atom. The third-order valence-corrected chi connectivity index (χ3v) is 4.62. The molecule has 7 nitrogen and oxygen atoms in total. The molecule has 4 rings (SSSR count). The van der Waals surface area contributed by atoms with Crippen molar-refractivity contribution in [3.8, 4) is 11.1 Å². The van der Waals surface area contributed by atoms with Crippen LogP contribution in [0.5, 0.6) is 0 Å². The van der Waals surface area contributed by atoms with Crippen LogP contribution in [0.3, 0.4) is 0 Å². The summed E-state index contributed by atoms with van der Waals surface area (Å²) >= 11 is 0. The lowest BCUT2D eigenvalue weighted by Gasteiger charge is -2.13. The molecule has 128 valence electrons. The van der Waals surface area contributed by atoms with Gasteiger partial charge < -0.3 is 11.1 Å². The van der Waals surface area contributed by atoms with Crippen molar-refractivity contribution in [2.45, 2.75) is 31.7 Å². The highest BCUT2D eigenvalue weighted by molar-refractivity contribution is 5.93. The minimum absolute atomic E-state index is 0.203. The standard InChI is InChI=1S/C18H20N6O/c19-17-14-9-11(5-6-15(14)23-24-17)12-7-8-20-16(10-12)22-18(25)21-13-3-1-2-4-13/h5-10,13H,1-4H2,(H3,19,23,24)(H2,20,21,22,25). The first-order chi connectivity index (χ1) is 12.2. The predicted molar refractivity (Wildman–Crippen MR) is 98.1 cm³/mol. The average molecular weight is 336 g/mol. The molecule has 1 saturated carbocycles. The van der Waals surface area contributed by atoms with Crippen molar-refractivity contribution in [1.82, 2.24) is 20.5 Å². The van der Waals surface area contributed by atoms with Crippen LogP contribution in [-0.2, 0) is 0 Å². The fourth-order valence-corrected chi connectivity index (χ4v) is 3.30. The number of anilines is 2. The number of pyridine rings is 1. The summed E-state index contributed by atoms with van der Waals surface area (Å²) in [4.78, 5) is 16.3. The van der Waals surface area contributed by atoms with E-state index < -0.39 is 0 Å². The van der Waals surface area contributed by atoms with Crippen molar-refractivity contribution in [2.75, 3.05) is 11.1 Å². The quantitative estimate of drug-likeness (QED) is 0.588. The number of nitrogens with two attached hydrogens (primary N) is 1. The molecular weight excluding hydrogens is 316 g/mol. The highest BCUT2D eigenvalue weighted by atomic mass is 16.2. The first kappa shape index (κ1) is 15.4. The maximum atomic E-state index is 12.1. The summed E-state index contributed by atoms with van der Waals surface area (Å²) in [5.74, 6) is 0.994. The molecule has 0 atom stereocenters. The van der Waals surface area contributed by atoms with E-state index in [2.05, 4.69) is 25.8 Å². The number of benzene rings is 1. The molecule has 25 heavy (non-hydrogen) atoms. The molecule has 1 fully saturated rings. The smallest absolute Gasteiger partial charge is 0.320 e. The number of fused-ring (bicyclic) bond motifs is 1. The van der Waals surface area contributed by atoms with Crippen LogP contribution in [0.25, 0.3) is 22.0 Å². The molecule has 0 bridgehead atoms. The molecule has 3 aromatic rings. The Labute approximate surface area is 145 Å². The fourth-order valence-electron chi connectivity index (χ4n) is 3.30. The first-order valence-corrected chi connectivity index (χ1v) is 8.46. The topological polar surface area (TPSA) is 109 Å². The number of aromatic amines is 1. The molecule has 1 aliphatic carbocycles. The number of urea groups is 1. The molecule has 2 heterocycles. The van der Waals surface area contributed by atoms with Crippen molar-refractivity contribution in [2.24, 2.45) is 0 Å². The number of aromatic nitrogens is 3. The third kappa shape index (κ3) is 3.26. The molecule has 1 aliphatic rings. The number of hydrogen-bond acceptors (Lipinski definition) is 4. The number of rotatable bonds is 3. The molecule has 0 saturated heterocycles. The van der Waals surface area contributed by atoms with Gasteiger partial charge in [-0.2, -0.15) is 5.10 Å². The lowest BCUT2D eigenvalue weighted by molar-refractivity contribution is 0.248. The van der Waals surface area contributed by atoms with E-state index >= 15 is 0 Å². The monoisotopic (exact) mass is 336 g/mol. The zero-order valence-corrected chi connectivity index (χ0v) is 13.7. The van der Waals surface area contributed by atoms with Gasteiger partial charge in [-0.3, -0.25) is 10.4 Å². The summed E-state index contributed by atoms with van der Waals surface area (Å²) in [6, 6.07) is 9.72. The Kier molecular flexibility index (Phi) is 3.97. The van der Waals surface area contributed by atoms with Gasteiger partial charge in [-0.05, 0) is 48.2 Å². The van der Waals surface area contributed by atoms with Crippen molar-refractivity contribution in [3.63, 3.8) is 0 Å². The van der Waals surface area contributed by atoms with Crippen LogP contribution >= 0.6 is 0 Å². The largest absolute Gasteiger partial charge is 0.382 e. The van der Waals surface area contributed by atoms with E-state index in [1.807, 2.05) is 30.3 Å². The summed E-state index contributed by atoms with van der Waals surface area (Å²) in [7, 11) is 0. The van der Waals surface area contributed by atoms with E-state index in [-0.39, 0.29) is 12.1 Å². The van der Waals surface area contributed by atoms with Crippen LogP contribution in [0.15, 0.2) is 36.5 Å². The number of hydrogen-bond donors (Lipinski definition) is 4. The Morgan fingerprint density at radius 2 is 1.96 bits per heavy atom. The summed E-state index contributed by atoms with van der Waals surface area (Å²) in [6.07, 6.45) is 6.14. The molecule has 0 radical (unpaired) electrons. The molecular formula is C18H20N6O. The minimum atomic E-state index is -0.203. The lowest BCUT2D eigenvalue weighted by atomic mass is 10.0. The van der Waals surface area contributed by atoms with Crippen LogP contribution < -0.4 is 16.4 Å². The van der Waals surface area contributed by atoms with Gasteiger partial charge in [0.2, 0.25) is 0 Å². The van der Waals surface area contributed by atoms with Crippen molar-refractivity contribution >= 4 is 28.6 Å². The molecule has 2 amide bonds. The van der Waals surface area contributed by atoms with E-state index in [0.29, 0.717) is 11.6 Å². The van der Waals surface area contributed by atoms with E-state index in [0.717, 1.165) is 34.9 Å². The summed E-state index contributed by atoms with van der Waals surface area (Å²) < 4.78 is 0. The number of nitrogens with zero attached hydrogens (tertiary/aromatic N) is 2. The van der Waals surface area contributed by atoms with Crippen LogP contribution in [0.4, 0.5) is 16.4 Å². The molecule has 0 aliphatic heterocycles. The number of carbonyl (C=O) groups excluding carboxylic acids is 1. The summed E-state index contributed by atoms with van der Waals surface area (Å²) in [6.45, 7) is 0. The molecule has 7 heteroatoms. The lowest BCUT2D eigenvalue weighted by Crippen LogP contribution is -2.36. The molecule has 0 spiro atoms. The maximum absolute atomic E-state index is 12.1. The zero-order chi connectivity index (χ0) is 17.2. The van der Waals surface area contributed by atoms with Gasteiger partial charge in [0.15, 0.2) is 5.82 Å². The van der Waals surface area contributed by atoms with Crippen LogP contribution in [-0.4, -0.2) is 27.3 Å². The molecule has 1 aromatic carbocycles. The van der Waals surface area contributed by atoms with Gasteiger partial charge in [-0.1, -0.05) is 18.9 Å². The normalized spacial score (nSPS) is 14.7. The number of nitrogen functional groups attached to an aromatic ring is 1. The Bertz CT molecular complexity index is 913. The van der Waals surface area contributed by atoms with Gasteiger partial charge in [0.25, 0.3) is 0 Å². The molecule has 5 N–H and O–H groups in total. The highest BCUT2D eigenvalue weighted by Gasteiger charge is 2.17. The predicted octanol–water partition coefficient (Wildman–Crippen LogP) is 3.27. The Hall–Kier alpha value is -3.09. The maximum Gasteiger partial charge on any atom is 0.320 e. The van der Waals surface area contributed by atoms with E-state index in [1.54, 1.807) is 6.20 Å². The number of amides is 2. The SMILES string of the molecule is Nc1n[nH]c2ccc(-c3ccnc(NC(=O)NC4CCCC4)c3)cc12. The number of carbonyl (C=O) groups is 1. The van der Waals surface area contributed by atoms with Gasteiger partial charge >= 0.3 is 6.03 Å². The van der Waals surface area contributed by atoms with Gasteiger partial charge in [0.1, 0.15) is 5.82 Å². The first-order valence-electron chi connectivity index (χ1n) is 8.46. The summed E-state index contributed by atoms with van der Waals surface area (Å²) in [5, 5.41) is 13.6. The van der Waals surface area contributed by atoms with Crippen LogP contribution in [0, 0.1) is 0 Å². The second-order valence-corrected chi connectivity index (χ2v) is 6.38. The van der Waals surface area contributed by atoms with Crippen molar-refractivity contribution < 1.29 is 4.79 Å². The van der Waals surface area contributed by atoms with E-state index in [9.17, 15) is 4.79 Å². The molecule has 0 unspecified atom stereocenters. The molecule has 2 aromatic heterocycles. The van der Waals surface area contributed by atoms with Gasteiger partial charge in [0.05, 0.1) is 5.52 Å². The fraction of sp³-hybridized carbons (Fsp3) is 0.278. The van der Waals surface area contributed by atoms with Gasteiger partial charge in [-0.15, -0.1) is 0 Å². The average Bonchev–Trinajstić information content (AvgIpc) is 3.25. The second-order valence-electron chi connectivity index (χ2n) is 6.38. The van der Waals surface area contributed by atoms with Crippen molar-refractivity contribution in [1.29, 1.82) is 0 Å². The van der Waals surface area contributed by atoms with Gasteiger partial charge in [0, 0.05) is 17.6 Å². The van der Waals surface area contributed by atoms with Crippen LogP contribution in [0.2, 0.25) is 0 Å². The highest BCUT2D eigenvalue weighted by Crippen LogP contribution is 2.27. The number of H-pyrrole nitrogens is 1. The van der Waals surface area contributed by atoms with Crippen molar-refractivity contribution in [3.05, 3.63) is 36.5 Å². The Morgan fingerprint density at radius 3 is 2.80 bits per heavy atom. The minimum Gasteiger partial charge on any atom is -0.382 e. The third-order valence-electron chi connectivity index (χ3n) is 4.62.